The Labute approximate surface area is 129 Å². The molecule has 0 radical (unpaired) electrons. The van der Waals surface area contributed by atoms with Crippen LogP contribution in [0.1, 0.15) is 38.2 Å². The number of carbonyl (C=O) groups excluding carboxylic acids is 1. The highest BCUT2D eigenvalue weighted by Crippen LogP contribution is 2.33. The van der Waals surface area contributed by atoms with Crippen molar-refractivity contribution in [2.45, 2.75) is 39.0 Å². The first-order valence-electron chi connectivity index (χ1n) is 7.31. The maximum absolute atomic E-state index is 11.7. The highest BCUT2D eigenvalue weighted by molar-refractivity contribution is 9.10. The van der Waals surface area contributed by atoms with Crippen LogP contribution in [-0.2, 0) is 16.0 Å². The average molecular weight is 337 g/mol. The zero-order valence-electron chi connectivity index (χ0n) is 11.9. The van der Waals surface area contributed by atoms with Crippen LogP contribution in [0.3, 0.4) is 0 Å². The zero-order chi connectivity index (χ0) is 14.4. The monoisotopic (exact) mass is 336 g/mol. The van der Waals surface area contributed by atoms with Crippen LogP contribution in [0, 0.1) is 5.92 Å². The number of carbonyl (C=O) groups is 1. The molecule has 1 aromatic carbocycles. The zero-order valence-corrected chi connectivity index (χ0v) is 13.5. The van der Waals surface area contributed by atoms with Gasteiger partial charge >= 0.3 is 5.97 Å². The number of rotatable bonds is 4. The second kappa shape index (κ2) is 7.63. The van der Waals surface area contributed by atoms with Crippen molar-refractivity contribution in [3.8, 4) is 0 Å². The minimum absolute atomic E-state index is 0.193. The van der Waals surface area contributed by atoms with E-state index in [-0.39, 0.29) is 5.97 Å². The summed E-state index contributed by atoms with van der Waals surface area (Å²) in [6.07, 6.45) is 7.32. The standard InChI is InChI=1S/C17H21BrO2/c1-2-20-17(19)12-14-8-4-3-7-13(14)11-15-9-5-6-10-16(15)18/h5-6,9-10,12-13H,2-4,7-8,11H2,1H3/b14-12+. The summed E-state index contributed by atoms with van der Waals surface area (Å²) in [7, 11) is 0. The van der Waals surface area contributed by atoms with Crippen LogP contribution in [0.5, 0.6) is 0 Å². The van der Waals surface area contributed by atoms with Gasteiger partial charge in [0.1, 0.15) is 0 Å². The molecule has 1 fully saturated rings. The number of benzene rings is 1. The molecule has 0 spiro atoms. The Morgan fingerprint density at radius 3 is 2.95 bits per heavy atom. The molecule has 0 aliphatic heterocycles. The van der Waals surface area contributed by atoms with E-state index in [2.05, 4.69) is 34.1 Å². The fraction of sp³-hybridized carbons (Fsp3) is 0.471. The topological polar surface area (TPSA) is 26.3 Å². The number of halogens is 1. The quantitative estimate of drug-likeness (QED) is 0.589. The summed E-state index contributed by atoms with van der Waals surface area (Å²) in [5.74, 6) is 0.272. The lowest BCUT2D eigenvalue weighted by Crippen LogP contribution is -2.15. The first-order chi connectivity index (χ1) is 9.70. The minimum Gasteiger partial charge on any atom is -0.463 e. The normalized spacial score (nSPS) is 20.9. The molecule has 1 saturated carbocycles. The molecule has 20 heavy (non-hydrogen) atoms. The Balaban J connectivity index is 2.11. The minimum atomic E-state index is -0.193. The summed E-state index contributed by atoms with van der Waals surface area (Å²) in [5.41, 5.74) is 2.57. The number of ether oxygens (including phenoxy) is 1. The molecule has 0 heterocycles. The van der Waals surface area contributed by atoms with Gasteiger partial charge in [-0.2, -0.15) is 0 Å². The summed E-state index contributed by atoms with van der Waals surface area (Å²) >= 11 is 3.61. The van der Waals surface area contributed by atoms with Gasteiger partial charge in [-0.25, -0.2) is 4.79 Å². The predicted octanol–water partition coefficient (Wildman–Crippen LogP) is 4.67. The van der Waals surface area contributed by atoms with Gasteiger partial charge in [0.2, 0.25) is 0 Å². The lowest BCUT2D eigenvalue weighted by Gasteiger charge is -2.25. The SMILES string of the molecule is CCOC(=O)/C=C1\CCCCC1Cc1ccccc1Br. The third kappa shape index (κ3) is 4.20. The molecule has 0 bridgehead atoms. The second-order valence-electron chi connectivity index (χ2n) is 5.21. The molecule has 2 nitrogen and oxygen atoms in total. The highest BCUT2D eigenvalue weighted by atomic mass is 79.9. The fourth-order valence-corrected chi connectivity index (χ4v) is 3.24. The van der Waals surface area contributed by atoms with Crippen LogP contribution in [0.2, 0.25) is 0 Å². The molecule has 0 aromatic heterocycles. The largest absolute Gasteiger partial charge is 0.463 e. The van der Waals surface area contributed by atoms with Crippen LogP contribution >= 0.6 is 15.9 Å². The van der Waals surface area contributed by atoms with Gasteiger partial charge in [-0.15, -0.1) is 0 Å². The fourth-order valence-electron chi connectivity index (χ4n) is 2.80. The first-order valence-corrected chi connectivity index (χ1v) is 8.10. The molecule has 0 N–H and O–H groups in total. The summed E-state index contributed by atoms with van der Waals surface area (Å²) in [5, 5.41) is 0. The van der Waals surface area contributed by atoms with Crippen molar-refractivity contribution in [3.05, 3.63) is 46.0 Å². The Bertz CT molecular complexity index is 494. The number of esters is 1. The van der Waals surface area contributed by atoms with E-state index in [1.807, 2.05) is 13.0 Å². The number of allylic oxidation sites excluding steroid dienone is 1. The van der Waals surface area contributed by atoms with E-state index in [1.54, 1.807) is 6.08 Å². The Morgan fingerprint density at radius 1 is 1.40 bits per heavy atom. The van der Waals surface area contributed by atoms with Gasteiger partial charge in [-0.1, -0.05) is 46.1 Å². The van der Waals surface area contributed by atoms with E-state index >= 15 is 0 Å². The molecule has 108 valence electrons. The van der Waals surface area contributed by atoms with Crippen LogP contribution in [0.4, 0.5) is 0 Å². The maximum atomic E-state index is 11.7. The van der Waals surface area contributed by atoms with E-state index < -0.39 is 0 Å². The van der Waals surface area contributed by atoms with Crippen molar-refractivity contribution < 1.29 is 9.53 Å². The molecule has 0 saturated heterocycles. The molecular formula is C17H21BrO2. The van der Waals surface area contributed by atoms with Crippen LogP contribution in [0.25, 0.3) is 0 Å². The first kappa shape index (κ1) is 15.3. The Morgan fingerprint density at radius 2 is 2.20 bits per heavy atom. The smallest absolute Gasteiger partial charge is 0.330 e. The number of hydrogen-bond donors (Lipinski definition) is 0. The van der Waals surface area contributed by atoms with E-state index in [0.717, 1.165) is 23.7 Å². The second-order valence-corrected chi connectivity index (χ2v) is 6.06. The van der Waals surface area contributed by atoms with Gasteiger partial charge in [0.25, 0.3) is 0 Å². The average Bonchev–Trinajstić information content (AvgIpc) is 2.44. The summed E-state index contributed by atoms with van der Waals surface area (Å²) in [4.78, 5) is 11.7. The van der Waals surface area contributed by atoms with Crippen LogP contribution in [0.15, 0.2) is 40.4 Å². The van der Waals surface area contributed by atoms with Crippen molar-refractivity contribution in [3.63, 3.8) is 0 Å². The van der Waals surface area contributed by atoms with Crippen molar-refractivity contribution in [1.29, 1.82) is 0 Å². The molecule has 1 unspecified atom stereocenters. The van der Waals surface area contributed by atoms with Crippen molar-refractivity contribution in [2.24, 2.45) is 5.92 Å². The van der Waals surface area contributed by atoms with Gasteiger partial charge in [-0.3, -0.25) is 0 Å². The van der Waals surface area contributed by atoms with Crippen molar-refractivity contribution >= 4 is 21.9 Å². The van der Waals surface area contributed by atoms with Gasteiger partial charge in [-0.05, 0) is 50.2 Å². The van der Waals surface area contributed by atoms with E-state index in [4.69, 9.17) is 4.74 Å². The Hall–Kier alpha value is -1.09. The van der Waals surface area contributed by atoms with E-state index in [1.165, 1.54) is 24.0 Å². The lowest BCUT2D eigenvalue weighted by atomic mass is 9.80. The highest BCUT2D eigenvalue weighted by Gasteiger charge is 2.21. The third-order valence-corrected chi connectivity index (χ3v) is 4.58. The van der Waals surface area contributed by atoms with Gasteiger partial charge in [0, 0.05) is 10.5 Å². The third-order valence-electron chi connectivity index (χ3n) is 3.81. The molecule has 1 aromatic rings. The molecular weight excluding hydrogens is 316 g/mol. The van der Waals surface area contributed by atoms with Gasteiger partial charge in [0.15, 0.2) is 0 Å². The number of hydrogen-bond acceptors (Lipinski definition) is 2. The van der Waals surface area contributed by atoms with Gasteiger partial charge in [0.05, 0.1) is 6.61 Å². The lowest BCUT2D eigenvalue weighted by molar-refractivity contribution is -0.137. The molecule has 1 aliphatic carbocycles. The van der Waals surface area contributed by atoms with Crippen LogP contribution < -0.4 is 0 Å². The molecule has 1 atom stereocenters. The van der Waals surface area contributed by atoms with Crippen LogP contribution in [-0.4, -0.2) is 12.6 Å². The maximum Gasteiger partial charge on any atom is 0.330 e. The summed E-state index contributed by atoms with van der Waals surface area (Å²) in [6, 6.07) is 8.33. The molecule has 2 rings (SSSR count). The molecule has 3 heteroatoms. The summed E-state index contributed by atoms with van der Waals surface area (Å²) in [6.45, 7) is 2.29. The van der Waals surface area contributed by atoms with E-state index in [0.29, 0.717) is 12.5 Å². The molecule has 1 aliphatic rings. The Kier molecular flexibility index (Phi) is 5.84. The predicted molar refractivity (Wildman–Crippen MR) is 84.5 cm³/mol. The van der Waals surface area contributed by atoms with E-state index in [9.17, 15) is 4.79 Å². The van der Waals surface area contributed by atoms with Crippen molar-refractivity contribution in [2.75, 3.05) is 6.61 Å². The molecule has 0 amide bonds. The van der Waals surface area contributed by atoms with Gasteiger partial charge < -0.3 is 4.74 Å². The van der Waals surface area contributed by atoms with Crippen molar-refractivity contribution in [1.82, 2.24) is 0 Å². The summed E-state index contributed by atoms with van der Waals surface area (Å²) < 4.78 is 6.20.